The highest BCUT2D eigenvalue weighted by Crippen LogP contribution is 2.21. The second kappa shape index (κ2) is 5.75. The van der Waals surface area contributed by atoms with Gasteiger partial charge >= 0.3 is 0 Å². The number of rotatable bonds is 4. The Morgan fingerprint density at radius 3 is 2.94 bits per heavy atom. The van der Waals surface area contributed by atoms with Crippen LogP contribution in [0.15, 0.2) is 18.2 Å². The largest absolute Gasteiger partial charge is 0.308 e. The molecule has 0 radical (unpaired) electrons. The van der Waals surface area contributed by atoms with Gasteiger partial charge in [0.15, 0.2) is 5.82 Å². The van der Waals surface area contributed by atoms with Crippen molar-refractivity contribution in [1.82, 2.24) is 25.5 Å². The lowest BCUT2D eigenvalue weighted by atomic mass is 10.2. The molecule has 1 heterocycles. The predicted octanol–water partition coefficient (Wildman–Crippen LogP) is 2.25. The van der Waals surface area contributed by atoms with Gasteiger partial charge in [0.25, 0.3) is 0 Å². The van der Waals surface area contributed by atoms with E-state index in [0.717, 1.165) is 18.1 Å². The van der Waals surface area contributed by atoms with Crippen molar-refractivity contribution in [3.05, 3.63) is 33.2 Å². The molecular formula is C12H16IN5. The summed E-state index contributed by atoms with van der Waals surface area (Å²) in [4.78, 5) is 0. The molecule has 96 valence electrons. The first-order valence-corrected chi connectivity index (χ1v) is 7.00. The predicted molar refractivity (Wildman–Crippen MR) is 78.7 cm³/mol. The third-order valence-electron chi connectivity index (χ3n) is 2.86. The average Bonchev–Trinajstić information content (AvgIpc) is 2.82. The molecule has 18 heavy (non-hydrogen) atoms. The number of nitrogens with one attached hydrogen (secondary N) is 1. The van der Waals surface area contributed by atoms with Gasteiger partial charge in [0, 0.05) is 3.57 Å². The molecule has 5 nitrogen and oxygen atoms in total. The number of benzene rings is 1. The van der Waals surface area contributed by atoms with Gasteiger partial charge in [-0.15, -0.1) is 5.10 Å². The molecule has 0 amide bonds. The average molecular weight is 357 g/mol. The summed E-state index contributed by atoms with van der Waals surface area (Å²) in [5, 5.41) is 15.3. The molecule has 0 aliphatic carbocycles. The Bertz CT molecular complexity index is 537. The molecule has 1 N–H and O–H groups in total. The van der Waals surface area contributed by atoms with Gasteiger partial charge in [0.2, 0.25) is 0 Å². The Kier molecular flexibility index (Phi) is 4.28. The maximum Gasteiger partial charge on any atom is 0.173 e. The van der Waals surface area contributed by atoms with E-state index in [4.69, 9.17) is 0 Å². The van der Waals surface area contributed by atoms with Gasteiger partial charge in [-0.05, 0) is 71.1 Å². The molecule has 1 aromatic carbocycles. The third-order valence-corrected chi connectivity index (χ3v) is 4.03. The van der Waals surface area contributed by atoms with Crippen LogP contribution in [0.4, 0.5) is 0 Å². The molecule has 0 saturated heterocycles. The van der Waals surface area contributed by atoms with E-state index in [1.54, 1.807) is 0 Å². The van der Waals surface area contributed by atoms with E-state index in [-0.39, 0.29) is 6.04 Å². The second-order valence-corrected chi connectivity index (χ2v) is 5.27. The molecule has 0 aliphatic rings. The first kappa shape index (κ1) is 13.4. The lowest BCUT2D eigenvalue weighted by Gasteiger charge is -2.13. The van der Waals surface area contributed by atoms with Crippen LogP contribution < -0.4 is 5.32 Å². The lowest BCUT2D eigenvalue weighted by molar-refractivity contribution is 0.550. The van der Waals surface area contributed by atoms with Crippen LogP contribution in [0.3, 0.4) is 0 Å². The molecule has 0 aliphatic heterocycles. The molecule has 0 spiro atoms. The zero-order valence-corrected chi connectivity index (χ0v) is 12.8. The Hall–Kier alpha value is -1.02. The van der Waals surface area contributed by atoms with Gasteiger partial charge < -0.3 is 5.32 Å². The summed E-state index contributed by atoms with van der Waals surface area (Å²) in [7, 11) is 0. The lowest BCUT2D eigenvalue weighted by Crippen LogP contribution is -2.22. The van der Waals surface area contributed by atoms with E-state index in [9.17, 15) is 0 Å². The topological polar surface area (TPSA) is 55.6 Å². The van der Waals surface area contributed by atoms with E-state index in [1.807, 2.05) is 16.8 Å². The van der Waals surface area contributed by atoms with Crippen LogP contribution in [0.5, 0.6) is 0 Å². The quantitative estimate of drug-likeness (QED) is 0.853. The Morgan fingerprint density at radius 2 is 2.22 bits per heavy atom. The van der Waals surface area contributed by atoms with Gasteiger partial charge in [0.1, 0.15) is 0 Å². The number of nitrogens with zero attached hydrogens (tertiary/aromatic N) is 4. The van der Waals surface area contributed by atoms with Crippen molar-refractivity contribution in [1.29, 1.82) is 0 Å². The van der Waals surface area contributed by atoms with Gasteiger partial charge in [0.05, 0.1) is 11.7 Å². The summed E-state index contributed by atoms with van der Waals surface area (Å²) in [6.07, 6.45) is 0. The molecule has 2 rings (SSSR count). The number of tetrazole rings is 1. The van der Waals surface area contributed by atoms with Crippen LogP contribution in [-0.4, -0.2) is 26.8 Å². The molecule has 0 saturated carbocycles. The van der Waals surface area contributed by atoms with Crippen LogP contribution in [0.2, 0.25) is 0 Å². The highest BCUT2D eigenvalue weighted by atomic mass is 127. The van der Waals surface area contributed by atoms with Crippen LogP contribution in [0.25, 0.3) is 5.69 Å². The molecule has 0 bridgehead atoms. The Balaban J connectivity index is 2.45. The van der Waals surface area contributed by atoms with Crippen LogP contribution >= 0.6 is 22.6 Å². The van der Waals surface area contributed by atoms with Crippen molar-refractivity contribution >= 4 is 22.6 Å². The maximum absolute atomic E-state index is 4.12. The summed E-state index contributed by atoms with van der Waals surface area (Å²) in [5.74, 6) is 0.835. The number of hydrogen-bond acceptors (Lipinski definition) is 4. The third kappa shape index (κ3) is 2.54. The highest BCUT2D eigenvalue weighted by molar-refractivity contribution is 14.1. The van der Waals surface area contributed by atoms with E-state index in [1.165, 1.54) is 9.13 Å². The minimum absolute atomic E-state index is 0.127. The molecular weight excluding hydrogens is 341 g/mol. The summed E-state index contributed by atoms with van der Waals surface area (Å²) in [5.41, 5.74) is 2.22. The monoisotopic (exact) mass is 357 g/mol. The Morgan fingerprint density at radius 1 is 1.44 bits per heavy atom. The van der Waals surface area contributed by atoms with E-state index >= 15 is 0 Å². The van der Waals surface area contributed by atoms with Gasteiger partial charge in [-0.3, -0.25) is 0 Å². The van der Waals surface area contributed by atoms with E-state index in [2.05, 4.69) is 70.3 Å². The second-order valence-electron chi connectivity index (χ2n) is 4.11. The van der Waals surface area contributed by atoms with E-state index in [0.29, 0.717) is 0 Å². The first-order chi connectivity index (χ1) is 8.65. The molecule has 2 aromatic rings. The minimum Gasteiger partial charge on any atom is -0.308 e. The van der Waals surface area contributed by atoms with Crippen LogP contribution in [0, 0.1) is 10.5 Å². The summed E-state index contributed by atoms with van der Waals surface area (Å²) in [6, 6.07) is 6.27. The van der Waals surface area contributed by atoms with E-state index < -0.39 is 0 Å². The van der Waals surface area contributed by atoms with Gasteiger partial charge in [-0.1, -0.05) is 13.0 Å². The summed E-state index contributed by atoms with van der Waals surface area (Å²) >= 11 is 2.32. The fourth-order valence-corrected chi connectivity index (χ4v) is 2.34. The maximum atomic E-state index is 4.12. The number of halogens is 1. The summed E-state index contributed by atoms with van der Waals surface area (Å²) in [6.45, 7) is 7.11. The van der Waals surface area contributed by atoms with Gasteiger partial charge in [-0.2, -0.15) is 4.68 Å². The molecule has 1 aromatic heterocycles. The van der Waals surface area contributed by atoms with Crippen molar-refractivity contribution in [3.8, 4) is 5.69 Å². The number of hydrogen-bond donors (Lipinski definition) is 1. The Labute approximate surface area is 120 Å². The smallest absolute Gasteiger partial charge is 0.173 e. The van der Waals surface area contributed by atoms with Crippen molar-refractivity contribution < 1.29 is 0 Å². The zero-order chi connectivity index (χ0) is 13.1. The van der Waals surface area contributed by atoms with Crippen LogP contribution in [-0.2, 0) is 0 Å². The number of aromatic nitrogens is 4. The van der Waals surface area contributed by atoms with Crippen molar-refractivity contribution in [3.63, 3.8) is 0 Å². The summed E-state index contributed by atoms with van der Waals surface area (Å²) < 4.78 is 3.02. The molecule has 1 atom stereocenters. The highest BCUT2D eigenvalue weighted by Gasteiger charge is 2.16. The minimum atomic E-state index is 0.127. The van der Waals surface area contributed by atoms with Gasteiger partial charge in [-0.25, -0.2) is 0 Å². The molecule has 0 fully saturated rings. The molecule has 1 unspecified atom stereocenters. The van der Waals surface area contributed by atoms with Crippen molar-refractivity contribution in [2.45, 2.75) is 26.8 Å². The fourth-order valence-electron chi connectivity index (χ4n) is 1.86. The standard InChI is InChI=1S/C12H16IN5/c1-4-14-9(3)12-15-16-17-18(12)11-7-5-6-10(13)8(11)2/h5-7,9,14H,4H2,1-3H3. The molecule has 6 heteroatoms. The zero-order valence-electron chi connectivity index (χ0n) is 10.7. The first-order valence-electron chi connectivity index (χ1n) is 5.92. The fraction of sp³-hybridized carbons (Fsp3) is 0.417. The van der Waals surface area contributed by atoms with Crippen LogP contribution in [0.1, 0.15) is 31.3 Å². The normalized spacial score (nSPS) is 12.7. The van der Waals surface area contributed by atoms with Crippen molar-refractivity contribution in [2.75, 3.05) is 6.54 Å². The van der Waals surface area contributed by atoms with Crippen molar-refractivity contribution in [2.24, 2.45) is 0 Å². The SMILES string of the molecule is CCNC(C)c1nnnn1-c1cccc(I)c1C.